The van der Waals surface area contributed by atoms with Gasteiger partial charge in [0.25, 0.3) is 0 Å². The molecule has 70 valence electrons. The fourth-order valence-electron chi connectivity index (χ4n) is 1.21. The summed E-state index contributed by atoms with van der Waals surface area (Å²) < 4.78 is 10.5. The molecule has 0 aliphatic carbocycles. The monoisotopic (exact) mass is 174 g/mol. The molecule has 0 aromatic heterocycles. The van der Waals surface area contributed by atoms with Gasteiger partial charge in [-0.2, -0.15) is 0 Å². The maximum atomic E-state index is 10.3. The Labute approximate surface area is 71.5 Å². The first-order valence-electron chi connectivity index (χ1n) is 4.15. The summed E-state index contributed by atoms with van der Waals surface area (Å²) in [5.74, 6) is -0.872. The lowest BCUT2D eigenvalue weighted by Crippen LogP contribution is -2.31. The Morgan fingerprint density at radius 3 is 2.67 bits per heavy atom. The van der Waals surface area contributed by atoms with E-state index in [-0.39, 0.29) is 18.6 Å². The van der Waals surface area contributed by atoms with Crippen LogP contribution in [0.4, 0.5) is 0 Å². The van der Waals surface area contributed by atoms with Gasteiger partial charge in [-0.05, 0) is 6.42 Å². The molecule has 0 aromatic rings. The van der Waals surface area contributed by atoms with Gasteiger partial charge in [-0.15, -0.1) is 0 Å². The fourth-order valence-corrected chi connectivity index (χ4v) is 1.21. The predicted octanol–water partition coefficient (Wildman–Crippen LogP) is 0.860. The van der Waals surface area contributed by atoms with Gasteiger partial charge >= 0.3 is 5.97 Å². The zero-order valence-electron chi connectivity index (χ0n) is 7.16. The predicted molar refractivity (Wildman–Crippen MR) is 41.7 cm³/mol. The van der Waals surface area contributed by atoms with Crippen molar-refractivity contribution in [2.24, 2.45) is 5.92 Å². The normalized spacial score (nSPS) is 22.1. The summed E-state index contributed by atoms with van der Waals surface area (Å²) in [6.07, 6.45) is 0.677. The van der Waals surface area contributed by atoms with Crippen molar-refractivity contribution >= 4 is 5.97 Å². The third-order valence-electron chi connectivity index (χ3n) is 1.81. The number of rotatable bonds is 3. The van der Waals surface area contributed by atoms with E-state index in [0.717, 1.165) is 6.42 Å². The Morgan fingerprint density at radius 2 is 2.17 bits per heavy atom. The van der Waals surface area contributed by atoms with E-state index < -0.39 is 5.97 Å². The molecule has 0 amide bonds. The smallest absolute Gasteiger partial charge is 0.303 e. The van der Waals surface area contributed by atoms with Crippen molar-refractivity contribution in [2.45, 2.75) is 26.1 Å². The minimum atomic E-state index is -0.805. The van der Waals surface area contributed by atoms with Gasteiger partial charge in [-0.1, -0.05) is 6.92 Å². The van der Waals surface area contributed by atoms with Gasteiger partial charge in [0.1, 0.15) is 0 Å². The van der Waals surface area contributed by atoms with Crippen LogP contribution in [0.3, 0.4) is 0 Å². The minimum Gasteiger partial charge on any atom is -0.481 e. The van der Waals surface area contributed by atoms with Crippen LogP contribution in [0, 0.1) is 5.92 Å². The molecule has 1 unspecified atom stereocenters. The molecule has 12 heavy (non-hydrogen) atoms. The second-order valence-corrected chi connectivity index (χ2v) is 3.04. The highest BCUT2D eigenvalue weighted by Gasteiger charge is 2.23. The lowest BCUT2D eigenvalue weighted by atomic mass is 10.1. The van der Waals surface area contributed by atoms with Crippen LogP contribution < -0.4 is 0 Å². The highest BCUT2D eigenvalue weighted by Crippen LogP contribution is 2.16. The zero-order chi connectivity index (χ0) is 8.97. The number of carbonyl (C=O) groups is 1. The molecule has 1 N–H and O–H groups in total. The van der Waals surface area contributed by atoms with Crippen molar-refractivity contribution < 1.29 is 19.4 Å². The van der Waals surface area contributed by atoms with Crippen molar-refractivity contribution in [2.75, 3.05) is 13.2 Å². The van der Waals surface area contributed by atoms with E-state index in [2.05, 4.69) is 0 Å². The first-order valence-corrected chi connectivity index (χ1v) is 4.15. The molecule has 0 bridgehead atoms. The van der Waals surface area contributed by atoms with E-state index in [1.54, 1.807) is 0 Å². The lowest BCUT2D eigenvalue weighted by Gasteiger charge is -2.27. The van der Waals surface area contributed by atoms with Crippen molar-refractivity contribution in [1.29, 1.82) is 0 Å². The molecule has 0 aromatic carbocycles. The first-order chi connectivity index (χ1) is 5.70. The molecule has 1 heterocycles. The van der Waals surface area contributed by atoms with E-state index in [1.165, 1.54) is 0 Å². The molecule has 1 aliphatic rings. The Kier molecular flexibility index (Phi) is 3.49. The number of hydrogen-bond acceptors (Lipinski definition) is 3. The summed E-state index contributed by atoms with van der Waals surface area (Å²) >= 11 is 0. The number of hydrogen-bond donors (Lipinski definition) is 1. The maximum Gasteiger partial charge on any atom is 0.303 e. The average molecular weight is 174 g/mol. The number of ether oxygens (including phenoxy) is 2. The molecule has 4 heteroatoms. The van der Waals surface area contributed by atoms with Crippen LogP contribution in [0.5, 0.6) is 0 Å². The molecular formula is C8H14O4. The summed E-state index contributed by atoms with van der Waals surface area (Å²) in [4.78, 5) is 10.3. The van der Waals surface area contributed by atoms with Crippen LogP contribution in [0.15, 0.2) is 0 Å². The lowest BCUT2D eigenvalue weighted by molar-refractivity contribution is -0.204. The first kappa shape index (κ1) is 9.48. The molecule has 1 saturated heterocycles. The van der Waals surface area contributed by atoms with E-state index in [4.69, 9.17) is 14.6 Å². The van der Waals surface area contributed by atoms with Crippen LogP contribution in [-0.4, -0.2) is 30.6 Å². The van der Waals surface area contributed by atoms with E-state index in [9.17, 15) is 4.79 Å². The van der Waals surface area contributed by atoms with Gasteiger partial charge in [0.05, 0.1) is 19.6 Å². The average Bonchev–Trinajstić information content (AvgIpc) is 2.05. The SMILES string of the molecule is CC(CC(=O)O)C1OCCCO1. The number of aliphatic carboxylic acids is 1. The molecule has 1 rings (SSSR count). The van der Waals surface area contributed by atoms with Gasteiger partial charge in [0.15, 0.2) is 6.29 Å². The van der Waals surface area contributed by atoms with E-state index in [0.29, 0.717) is 13.2 Å². The van der Waals surface area contributed by atoms with Crippen molar-refractivity contribution in [3.05, 3.63) is 0 Å². The van der Waals surface area contributed by atoms with Crippen LogP contribution in [0.25, 0.3) is 0 Å². The topological polar surface area (TPSA) is 55.8 Å². The summed E-state index contributed by atoms with van der Waals surface area (Å²) in [5, 5.41) is 8.50. The fraction of sp³-hybridized carbons (Fsp3) is 0.875. The molecule has 1 fully saturated rings. The molecule has 4 nitrogen and oxygen atoms in total. The third kappa shape index (κ3) is 2.79. The molecule has 0 spiro atoms. The third-order valence-corrected chi connectivity index (χ3v) is 1.81. The second-order valence-electron chi connectivity index (χ2n) is 3.04. The number of carboxylic acids is 1. The molecule has 1 atom stereocenters. The molecule has 1 aliphatic heterocycles. The zero-order valence-corrected chi connectivity index (χ0v) is 7.16. The summed E-state index contributed by atoms with van der Waals surface area (Å²) in [7, 11) is 0. The Bertz CT molecular complexity index is 151. The van der Waals surface area contributed by atoms with Gasteiger partial charge in [-0.25, -0.2) is 0 Å². The van der Waals surface area contributed by atoms with E-state index >= 15 is 0 Å². The Balaban J connectivity index is 2.29. The molecule has 0 radical (unpaired) electrons. The summed E-state index contributed by atoms with van der Waals surface area (Å²) in [6.45, 7) is 3.17. The van der Waals surface area contributed by atoms with Crippen molar-refractivity contribution in [3.63, 3.8) is 0 Å². The summed E-state index contributed by atoms with van der Waals surface area (Å²) in [5.41, 5.74) is 0. The van der Waals surface area contributed by atoms with Gasteiger partial charge in [-0.3, -0.25) is 4.79 Å². The van der Waals surface area contributed by atoms with Crippen LogP contribution in [-0.2, 0) is 14.3 Å². The van der Waals surface area contributed by atoms with Gasteiger partial charge in [0.2, 0.25) is 0 Å². The Morgan fingerprint density at radius 1 is 1.58 bits per heavy atom. The van der Waals surface area contributed by atoms with Crippen LogP contribution in [0.2, 0.25) is 0 Å². The van der Waals surface area contributed by atoms with Gasteiger partial charge < -0.3 is 14.6 Å². The molecular weight excluding hydrogens is 160 g/mol. The van der Waals surface area contributed by atoms with Crippen LogP contribution >= 0.6 is 0 Å². The molecule has 0 saturated carbocycles. The number of carboxylic acid groups (broad SMARTS) is 1. The van der Waals surface area contributed by atoms with Crippen molar-refractivity contribution in [3.8, 4) is 0 Å². The summed E-state index contributed by atoms with van der Waals surface area (Å²) in [6, 6.07) is 0. The maximum absolute atomic E-state index is 10.3. The van der Waals surface area contributed by atoms with Gasteiger partial charge in [0, 0.05) is 5.92 Å². The van der Waals surface area contributed by atoms with Crippen LogP contribution in [0.1, 0.15) is 19.8 Å². The standard InChI is InChI=1S/C8H14O4/c1-6(5-7(9)10)8-11-3-2-4-12-8/h6,8H,2-5H2,1H3,(H,9,10). The largest absolute Gasteiger partial charge is 0.481 e. The second kappa shape index (κ2) is 4.42. The highest BCUT2D eigenvalue weighted by molar-refractivity contribution is 5.66. The van der Waals surface area contributed by atoms with E-state index in [1.807, 2.05) is 6.92 Å². The van der Waals surface area contributed by atoms with Crippen molar-refractivity contribution in [1.82, 2.24) is 0 Å². The Hall–Kier alpha value is -0.610. The quantitative estimate of drug-likeness (QED) is 0.689. The minimum absolute atomic E-state index is 0.0669. The highest BCUT2D eigenvalue weighted by atomic mass is 16.7.